The van der Waals surface area contributed by atoms with E-state index in [0.29, 0.717) is 19.0 Å². The molecule has 26 heavy (non-hydrogen) atoms. The summed E-state index contributed by atoms with van der Waals surface area (Å²) in [6.07, 6.45) is 5.10. The van der Waals surface area contributed by atoms with Crippen molar-refractivity contribution in [2.75, 3.05) is 31.2 Å². The van der Waals surface area contributed by atoms with Crippen molar-refractivity contribution >= 4 is 21.6 Å². The molecule has 1 saturated heterocycles. The van der Waals surface area contributed by atoms with Crippen molar-refractivity contribution in [1.29, 1.82) is 0 Å². The number of carbonyl (C=O) groups excluding carboxylic acids is 1. The highest BCUT2D eigenvalue weighted by molar-refractivity contribution is 7.88. The molecule has 0 saturated carbocycles. The molecule has 1 aromatic rings. The molecule has 1 fully saturated rings. The average molecular weight is 382 g/mol. The summed E-state index contributed by atoms with van der Waals surface area (Å²) in [5.41, 5.74) is 2.01. The fourth-order valence-corrected chi connectivity index (χ4v) is 3.98. The van der Waals surface area contributed by atoms with Crippen LogP contribution in [0.25, 0.3) is 0 Å². The Balaban J connectivity index is 1.93. The Hall–Kier alpha value is -1.44. The maximum Gasteiger partial charge on any atom is 0.238 e. The highest BCUT2D eigenvalue weighted by Gasteiger charge is 2.24. The van der Waals surface area contributed by atoms with Gasteiger partial charge in [0.25, 0.3) is 0 Å². The van der Waals surface area contributed by atoms with Gasteiger partial charge in [0.15, 0.2) is 0 Å². The van der Waals surface area contributed by atoms with E-state index < -0.39 is 10.0 Å². The number of anilines is 1. The lowest BCUT2D eigenvalue weighted by molar-refractivity contribution is -0.118. The zero-order chi connectivity index (χ0) is 19.2. The molecule has 6 nitrogen and oxygen atoms in total. The zero-order valence-corrected chi connectivity index (χ0v) is 16.8. The van der Waals surface area contributed by atoms with Crippen LogP contribution < -0.4 is 10.0 Å². The third-order valence-electron chi connectivity index (χ3n) is 4.79. The number of piperidine rings is 1. The molecule has 1 heterocycles. The summed E-state index contributed by atoms with van der Waals surface area (Å²) in [5.74, 6) is 0.331. The topological polar surface area (TPSA) is 78.5 Å². The van der Waals surface area contributed by atoms with E-state index in [1.54, 1.807) is 0 Å². The highest BCUT2D eigenvalue weighted by Crippen LogP contribution is 2.24. The standard InChI is InChI=1S/C19H31N3O3S/c1-15(2)17-9-4-5-10-18(17)21-19(23)14-22-13-7-6-8-16(22)11-12-20-26(3,24)25/h4-5,9-10,15-16,20H,6-8,11-14H2,1-3H3,(H,21,23). The van der Waals surface area contributed by atoms with Gasteiger partial charge in [0.1, 0.15) is 0 Å². The van der Waals surface area contributed by atoms with Crippen molar-refractivity contribution in [3.8, 4) is 0 Å². The van der Waals surface area contributed by atoms with Crippen LogP contribution in [0.3, 0.4) is 0 Å². The van der Waals surface area contributed by atoms with Gasteiger partial charge in [0.05, 0.1) is 12.8 Å². The van der Waals surface area contributed by atoms with Gasteiger partial charge in [-0.1, -0.05) is 38.5 Å². The smallest absolute Gasteiger partial charge is 0.238 e. The van der Waals surface area contributed by atoms with Crippen molar-refractivity contribution in [2.45, 2.75) is 51.5 Å². The molecule has 0 spiro atoms. The van der Waals surface area contributed by atoms with Crippen molar-refractivity contribution in [1.82, 2.24) is 9.62 Å². The first kappa shape index (κ1) is 20.9. The van der Waals surface area contributed by atoms with Crippen molar-refractivity contribution < 1.29 is 13.2 Å². The second kappa shape index (κ2) is 9.48. The Bertz CT molecular complexity index is 704. The molecule has 7 heteroatoms. The number of benzene rings is 1. The van der Waals surface area contributed by atoms with Gasteiger partial charge >= 0.3 is 0 Å². The summed E-state index contributed by atoms with van der Waals surface area (Å²) in [6, 6.07) is 8.14. The summed E-state index contributed by atoms with van der Waals surface area (Å²) in [7, 11) is -3.17. The summed E-state index contributed by atoms with van der Waals surface area (Å²) in [6.45, 7) is 5.86. The molecule has 0 aliphatic carbocycles. The van der Waals surface area contributed by atoms with E-state index in [-0.39, 0.29) is 11.9 Å². The molecule has 1 aliphatic rings. The van der Waals surface area contributed by atoms with Gasteiger partial charge in [-0.05, 0) is 43.4 Å². The van der Waals surface area contributed by atoms with E-state index in [4.69, 9.17) is 0 Å². The van der Waals surface area contributed by atoms with Gasteiger partial charge in [0, 0.05) is 18.3 Å². The van der Waals surface area contributed by atoms with Crippen LogP contribution >= 0.6 is 0 Å². The number of hydrogen-bond donors (Lipinski definition) is 2. The van der Waals surface area contributed by atoms with Crippen LogP contribution in [0, 0.1) is 0 Å². The number of nitrogens with one attached hydrogen (secondary N) is 2. The Kier molecular flexibility index (Phi) is 7.61. The minimum Gasteiger partial charge on any atom is -0.325 e. The Labute approximate surface area is 157 Å². The van der Waals surface area contributed by atoms with Crippen LogP contribution in [0.15, 0.2) is 24.3 Å². The van der Waals surface area contributed by atoms with Gasteiger partial charge in [-0.25, -0.2) is 13.1 Å². The van der Waals surface area contributed by atoms with Crippen LogP contribution in [-0.4, -0.2) is 51.2 Å². The minimum absolute atomic E-state index is 0.0129. The average Bonchev–Trinajstić information content (AvgIpc) is 2.55. The van der Waals surface area contributed by atoms with Gasteiger partial charge in [-0.15, -0.1) is 0 Å². The van der Waals surface area contributed by atoms with Gasteiger partial charge in [-0.3, -0.25) is 9.69 Å². The van der Waals surface area contributed by atoms with Crippen LogP contribution in [0.5, 0.6) is 0 Å². The first-order valence-electron chi connectivity index (χ1n) is 9.33. The molecule has 1 unspecified atom stereocenters. The molecule has 0 bridgehead atoms. The van der Waals surface area contributed by atoms with E-state index in [1.165, 1.54) is 6.26 Å². The van der Waals surface area contributed by atoms with Gasteiger partial charge in [0.2, 0.25) is 15.9 Å². The van der Waals surface area contributed by atoms with Crippen molar-refractivity contribution in [3.05, 3.63) is 29.8 Å². The molecule has 1 atom stereocenters. The molecule has 146 valence electrons. The van der Waals surface area contributed by atoms with Crippen molar-refractivity contribution in [2.24, 2.45) is 0 Å². The fourth-order valence-electron chi connectivity index (χ4n) is 3.49. The summed E-state index contributed by atoms with van der Waals surface area (Å²) < 4.78 is 25.0. The third kappa shape index (κ3) is 6.70. The van der Waals surface area contributed by atoms with Crippen molar-refractivity contribution in [3.63, 3.8) is 0 Å². The summed E-state index contributed by atoms with van der Waals surface area (Å²) in [4.78, 5) is 14.8. The lowest BCUT2D eigenvalue weighted by Gasteiger charge is -2.35. The number of likely N-dealkylation sites (tertiary alicyclic amines) is 1. The Morgan fingerprint density at radius 3 is 2.69 bits per heavy atom. The molecule has 2 rings (SSSR count). The van der Waals surface area contributed by atoms with Crippen LogP contribution in [0.2, 0.25) is 0 Å². The molecule has 0 aromatic heterocycles. The molecule has 2 N–H and O–H groups in total. The molecule has 1 aromatic carbocycles. The summed E-state index contributed by atoms with van der Waals surface area (Å²) >= 11 is 0. The first-order chi connectivity index (χ1) is 12.3. The van der Waals surface area contributed by atoms with E-state index in [0.717, 1.165) is 43.5 Å². The number of sulfonamides is 1. The minimum atomic E-state index is -3.17. The highest BCUT2D eigenvalue weighted by atomic mass is 32.2. The fraction of sp³-hybridized carbons (Fsp3) is 0.632. The molecule has 0 radical (unpaired) electrons. The predicted octanol–water partition coefficient (Wildman–Crippen LogP) is 2.54. The number of hydrogen-bond acceptors (Lipinski definition) is 4. The number of amides is 1. The monoisotopic (exact) mass is 381 g/mol. The van der Waals surface area contributed by atoms with E-state index in [2.05, 4.69) is 28.8 Å². The van der Waals surface area contributed by atoms with Gasteiger partial charge in [-0.2, -0.15) is 0 Å². The normalized spacial score (nSPS) is 18.8. The Morgan fingerprint density at radius 1 is 1.27 bits per heavy atom. The summed E-state index contributed by atoms with van der Waals surface area (Å²) in [5, 5.41) is 3.05. The van der Waals surface area contributed by atoms with E-state index in [9.17, 15) is 13.2 Å². The van der Waals surface area contributed by atoms with E-state index in [1.807, 2.05) is 24.3 Å². The van der Waals surface area contributed by atoms with Crippen LogP contribution in [-0.2, 0) is 14.8 Å². The lowest BCUT2D eigenvalue weighted by atomic mass is 9.99. The molecule has 1 amide bonds. The molecule has 1 aliphatic heterocycles. The number of rotatable bonds is 8. The largest absolute Gasteiger partial charge is 0.325 e. The van der Waals surface area contributed by atoms with Crippen LogP contribution in [0.4, 0.5) is 5.69 Å². The number of carbonyl (C=O) groups is 1. The van der Waals surface area contributed by atoms with E-state index >= 15 is 0 Å². The predicted molar refractivity (Wildman–Crippen MR) is 106 cm³/mol. The van der Waals surface area contributed by atoms with Crippen LogP contribution in [0.1, 0.15) is 51.0 Å². The van der Waals surface area contributed by atoms with Gasteiger partial charge < -0.3 is 5.32 Å². The second-order valence-electron chi connectivity index (χ2n) is 7.37. The maximum absolute atomic E-state index is 12.6. The quantitative estimate of drug-likeness (QED) is 0.725. The zero-order valence-electron chi connectivity index (χ0n) is 16.0. The third-order valence-corrected chi connectivity index (χ3v) is 5.52. The lowest BCUT2D eigenvalue weighted by Crippen LogP contribution is -2.45. The maximum atomic E-state index is 12.6. The number of para-hydroxylation sites is 1. The molecular weight excluding hydrogens is 350 g/mol. The number of nitrogens with zero attached hydrogens (tertiary/aromatic N) is 1. The first-order valence-corrected chi connectivity index (χ1v) is 11.2. The second-order valence-corrected chi connectivity index (χ2v) is 9.20. The Morgan fingerprint density at radius 2 is 2.00 bits per heavy atom. The SMILES string of the molecule is CC(C)c1ccccc1NC(=O)CN1CCCCC1CCNS(C)(=O)=O. The molecular formula is C19H31N3O3S.